The van der Waals surface area contributed by atoms with Crippen molar-refractivity contribution in [1.82, 2.24) is 29.2 Å². The summed E-state index contributed by atoms with van der Waals surface area (Å²) in [5.74, 6) is 1.60. The Morgan fingerprint density at radius 2 is 1.88 bits per heavy atom. The van der Waals surface area contributed by atoms with Gasteiger partial charge in [-0.05, 0) is 43.3 Å². The van der Waals surface area contributed by atoms with E-state index in [4.69, 9.17) is 14.2 Å². The molecule has 0 unspecified atom stereocenters. The number of rotatable bonds is 7. The van der Waals surface area contributed by atoms with Crippen LogP contribution >= 0.6 is 11.8 Å². The highest BCUT2D eigenvalue weighted by atomic mass is 32.2. The van der Waals surface area contributed by atoms with E-state index >= 15 is 0 Å². The van der Waals surface area contributed by atoms with Gasteiger partial charge in [-0.25, -0.2) is 9.78 Å². The van der Waals surface area contributed by atoms with E-state index in [2.05, 4.69) is 19.7 Å². The van der Waals surface area contributed by atoms with Crippen LogP contribution in [-0.4, -0.2) is 35.8 Å². The maximum atomic E-state index is 12.1. The van der Waals surface area contributed by atoms with Crippen LogP contribution in [0.1, 0.15) is 12.8 Å². The summed E-state index contributed by atoms with van der Waals surface area (Å²) in [6, 6.07) is 15.7. The van der Waals surface area contributed by atoms with E-state index in [0.717, 1.165) is 27.6 Å². The number of hydrogen-bond donors (Lipinski definition) is 1. The Balaban J connectivity index is 1.44. The van der Waals surface area contributed by atoms with Gasteiger partial charge in [0.15, 0.2) is 5.16 Å². The first-order chi connectivity index (χ1) is 16.5. The summed E-state index contributed by atoms with van der Waals surface area (Å²) < 4.78 is 14.2. The highest BCUT2D eigenvalue weighted by Crippen LogP contribution is 2.30. The third-order valence-electron chi connectivity index (χ3n) is 5.08. The van der Waals surface area contributed by atoms with Crippen LogP contribution < -0.4 is 16.0 Å². The number of ether oxygens (including phenoxy) is 1. The van der Waals surface area contributed by atoms with E-state index in [9.17, 15) is 9.59 Å². The van der Waals surface area contributed by atoms with Gasteiger partial charge < -0.3 is 13.8 Å². The lowest BCUT2D eigenvalue weighted by Gasteiger charge is -2.10. The molecule has 0 aliphatic rings. The molecule has 34 heavy (non-hydrogen) atoms. The predicted octanol–water partition coefficient (Wildman–Crippen LogP) is 3.15. The largest absolute Gasteiger partial charge is 0.494 e. The van der Waals surface area contributed by atoms with Crippen LogP contribution in [0.4, 0.5) is 0 Å². The second kappa shape index (κ2) is 9.02. The van der Waals surface area contributed by atoms with Gasteiger partial charge in [0.1, 0.15) is 11.3 Å². The van der Waals surface area contributed by atoms with Crippen LogP contribution in [0.25, 0.3) is 28.1 Å². The third kappa shape index (κ3) is 4.13. The molecule has 0 bridgehead atoms. The molecule has 172 valence electrons. The van der Waals surface area contributed by atoms with Gasteiger partial charge in [0.05, 0.1) is 23.4 Å². The highest BCUT2D eigenvalue weighted by molar-refractivity contribution is 7.98. The van der Waals surface area contributed by atoms with Crippen LogP contribution in [0.2, 0.25) is 0 Å². The lowest BCUT2D eigenvalue weighted by atomic mass is 10.2. The standard InChI is InChI=1S/C23H20N6O4S/c1-3-32-15-10-8-14(9-11-15)29-18-7-5-4-6-17(18)24-23(29)34-13-19-25-20(27-33-19)16-12-28(2)22(31)26-21(16)30/h4-12H,3,13H2,1-2H3,(H,26,30,31). The predicted molar refractivity (Wildman–Crippen MR) is 127 cm³/mol. The molecule has 0 atom stereocenters. The quantitative estimate of drug-likeness (QED) is 0.356. The number of imidazole rings is 1. The van der Waals surface area contributed by atoms with Gasteiger partial charge in [-0.3, -0.25) is 14.3 Å². The Morgan fingerprint density at radius 1 is 1.09 bits per heavy atom. The molecule has 0 saturated carbocycles. The van der Waals surface area contributed by atoms with Crippen LogP contribution in [-0.2, 0) is 12.8 Å². The van der Waals surface area contributed by atoms with E-state index in [1.807, 2.05) is 55.5 Å². The van der Waals surface area contributed by atoms with Crippen molar-refractivity contribution >= 4 is 22.8 Å². The van der Waals surface area contributed by atoms with Crippen molar-refractivity contribution in [3.05, 3.63) is 81.5 Å². The fourth-order valence-corrected chi connectivity index (χ4v) is 4.35. The van der Waals surface area contributed by atoms with Crippen molar-refractivity contribution in [3.63, 3.8) is 0 Å². The van der Waals surface area contributed by atoms with E-state index < -0.39 is 11.2 Å². The molecule has 3 aromatic heterocycles. The van der Waals surface area contributed by atoms with E-state index in [1.165, 1.54) is 29.6 Å². The molecule has 10 nitrogen and oxygen atoms in total. The minimum absolute atomic E-state index is 0.118. The van der Waals surface area contributed by atoms with Crippen LogP contribution in [0, 0.1) is 0 Å². The Labute approximate surface area is 197 Å². The number of nitrogens with one attached hydrogen (secondary N) is 1. The molecule has 2 aromatic carbocycles. The number of aryl methyl sites for hydroxylation is 1. The SMILES string of the molecule is CCOc1ccc(-n2c(SCc3nc(-c4cn(C)c(=O)[nH]c4=O)no3)nc3ccccc32)cc1. The first-order valence-corrected chi connectivity index (χ1v) is 11.5. The number of benzene rings is 2. The molecule has 0 saturated heterocycles. The molecule has 5 rings (SSSR count). The zero-order valence-corrected chi connectivity index (χ0v) is 19.2. The maximum Gasteiger partial charge on any atom is 0.328 e. The summed E-state index contributed by atoms with van der Waals surface area (Å²) in [4.78, 5) is 35.0. The van der Waals surface area contributed by atoms with Gasteiger partial charge in [-0.2, -0.15) is 4.98 Å². The number of hydrogen-bond acceptors (Lipinski definition) is 8. The molecule has 5 aromatic rings. The van der Waals surface area contributed by atoms with Gasteiger partial charge in [-0.15, -0.1) is 0 Å². The van der Waals surface area contributed by atoms with E-state index in [0.29, 0.717) is 18.3 Å². The van der Waals surface area contributed by atoms with Crippen LogP contribution in [0.3, 0.4) is 0 Å². The zero-order valence-electron chi connectivity index (χ0n) is 18.4. The molecule has 0 spiro atoms. The molecule has 0 aliphatic heterocycles. The first kappa shape index (κ1) is 21.7. The Morgan fingerprint density at radius 3 is 2.68 bits per heavy atom. The molecular formula is C23H20N6O4S. The number of thioether (sulfide) groups is 1. The molecule has 0 radical (unpaired) electrons. The van der Waals surface area contributed by atoms with Crippen molar-refractivity contribution < 1.29 is 9.26 Å². The molecular weight excluding hydrogens is 456 g/mol. The number of fused-ring (bicyclic) bond motifs is 1. The second-order valence-corrected chi connectivity index (χ2v) is 8.30. The number of aromatic nitrogens is 6. The molecule has 1 N–H and O–H groups in total. The number of para-hydroxylation sites is 2. The fourth-order valence-electron chi connectivity index (χ4n) is 3.48. The Hall–Kier alpha value is -4.12. The molecule has 3 heterocycles. The topological polar surface area (TPSA) is 121 Å². The summed E-state index contributed by atoms with van der Waals surface area (Å²) in [7, 11) is 1.53. The lowest BCUT2D eigenvalue weighted by molar-refractivity contribution is 0.340. The van der Waals surface area contributed by atoms with Gasteiger partial charge >= 0.3 is 5.69 Å². The highest BCUT2D eigenvalue weighted by Gasteiger charge is 2.17. The third-order valence-corrected chi connectivity index (χ3v) is 6.00. The molecule has 0 aliphatic carbocycles. The molecule has 0 amide bonds. The van der Waals surface area contributed by atoms with Gasteiger partial charge in [0.2, 0.25) is 11.7 Å². The fraction of sp³-hybridized carbons (Fsp3) is 0.174. The zero-order chi connectivity index (χ0) is 23.7. The minimum atomic E-state index is -0.569. The van der Waals surface area contributed by atoms with Crippen molar-refractivity contribution in [2.24, 2.45) is 7.05 Å². The van der Waals surface area contributed by atoms with Gasteiger partial charge in [0.25, 0.3) is 5.56 Å². The minimum Gasteiger partial charge on any atom is -0.494 e. The van der Waals surface area contributed by atoms with Crippen molar-refractivity contribution in [3.8, 4) is 22.8 Å². The second-order valence-electron chi connectivity index (χ2n) is 7.36. The normalized spacial score (nSPS) is 11.2. The lowest BCUT2D eigenvalue weighted by Crippen LogP contribution is -2.28. The smallest absolute Gasteiger partial charge is 0.328 e. The summed E-state index contributed by atoms with van der Waals surface area (Å²) in [5, 5.41) is 4.66. The van der Waals surface area contributed by atoms with E-state index in [1.54, 1.807) is 0 Å². The average molecular weight is 477 g/mol. The molecule has 0 fully saturated rings. The molecule has 11 heteroatoms. The average Bonchev–Trinajstić information content (AvgIpc) is 3.45. The van der Waals surface area contributed by atoms with Gasteiger partial charge in [0, 0.05) is 18.9 Å². The van der Waals surface area contributed by atoms with Crippen molar-refractivity contribution in [1.29, 1.82) is 0 Å². The number of nitrogens with zero attached hydrogens (tertiary/aromatic N) is 5. The Kier molecular flexibility index (Phi) is 5.76. The summed E-state index contributed by atoms with van der Waals surface area (Å²) in [6.07, 6.45) is 1.38. The summed E-state index contributed by atoms with van der Waals surface area (Å²) in [6.45, 7) is 2.55. The van der Waals surface area contributed by atoms with Crippen LogP contribution in [0.5, 0.6) is 5.75 Å². The van der Waals surface area contributed by atoms with E-state index in [-0.39, 0.29) is 11.4 Å². The van der Waals surface area contributed by atoms with Crippen molar-refractivity contribution in [2.75, 3.05) is 6.61 Å². The van der Waals surface area contributed by atoms with Gasteiger partial charge in [-0.1, -0.05) is 29.1 Å². The number of H-pyrrole nitrogens is 1. The van der Waals surface area contributed by atoms with Crippen molar-refractivity contribution in [2.45, 2.75) is 17.8 Å². The summed E-state index contributed by atoms with van der Waals surface area (Å²) in [5.41, 5.74) is 1.85. The summed E-state index contributed by atoms with van der Waals surface area (Å²) >= 11 is 1.44. The van der Waals surface area contributed by atoms with Crippen LogP contribution in [0.15, 0.2) is 74.0 Å². The maximum absolute atomic E-state index is 12.1. The first-order valence-electron chi connectivity index (χ1n) is 10.5. The Bertz CT molecular complexity index is 1580. The monoisotopic (exact) mass is 476 g/mol. The number of aromatic amines is 1.